The van der Waals surface area contributed by atoms with Crippen LogP contribution in [0.1, 0.15) is 5.56 Å². The van der Waals surface area contributed by atoms with E-state index in [-0.39, 0.29) is 12.5 Å². The van der Waals surface area contributed by atoms with Gasteiger partial charge in [-0.15, -0.1) is 0 Å². The topological polar surface area (TPSA) is 46.9 Å². The molecule has 5 heteroatoms. The summed E-state index contributed by atoms with van der Waals surface area (Å²) in [4.78, 5) is 16.4. The minimum Gasteiger partial charge on any atom is -0.325 e. The summed E-state index contributed by atoms with van der Waals surface area (Å²) < 4.78 is 1.75. The average molecular weight is 300 g/mol. The lowest BCUT2D eigenvalue weighted by Gasteiger charge is -2.07. The van der Waals surface area contributed by atoms with E-state index in [9.17, 15) is 4.79 Å². The molecule has 3 rings (SSSR count). The summed E-state index contributed by atoms with van der Waals surface area (Å²) in [7, 11) is 0. The number of fused-ring (bicyclic) bond motifs is 1. The Morgan fingerprint density at radius 1 is 1.24 bits per heavy atom. The van der Waals surface area contributed by atoms with Gasteiger partial charge in [0.25, 0.3) is 0 Å². The van der Waals surface area contributed by atoms with Crippen molar-refractivity contribution in [1.29, 1.82) is 0 Å². The minimum atomic E-state index is -0.113. The van der Waals surface area contributed by atoms with Crippen molar-refractivity contribution in [2.75, 3.05) is 5.32 Å². The molecule has 0 atom stereocenters. The summed E-state index contributed by atoms with van der Waals surface area (Å²) in [5.74, 6) is -0.113. The molecule has 0 bridgehead atoms. The van der Waals surface area contributed by atoms with E-state index in [0.717, 1.165) is 22.3 Å². The maximum atomic E-state index is 12.1. The van der Waals surface area contributed by atoms with Crippen LogP contribution in [0.15, 0.2) is 48.8 Å². The summed E-state index contributed by atoms with van der Waals surface area (Å²) in [6.45, 7) is 2.18. The first-order valence-electron chi connectivity index (χ1n) is 6.59. The molecule has 0 spiro atoms. The Kier molecular flexibility index (Phi) is 3.62. The normalized spacial score (nSPS) is 10.8. The van der Waals surface area contributed by atoms with Gasteiger partial charge in [0.05, 0.1) is 22.4 Å². The predicted octanol–water partition coefficient (Wildman–Crippen LogP) is 3.64. The van der Waals surface area contributed by atoms with Gasteiger partial charge in [0, 0.05) is 5.69 Å². The molecule has 1 heterocycles. The number of para-hydroxylation sites is 1. The SMILES string of the molecule is Cc1ccc(NC(=O)Cn2cnc3cccc(Cl)c32)cc1. The lowest BCUT2D eigenvalue weighted by atomic mass is 10.2. The molecule has 1 amide bonds. The first kappa shape index (κ1) is 13.6. The van der Waals surface area contributed by atoms with E-state index in [0.29, 0.717) is 5.02 Å². The molecule has 106 valence electrons. The van der Waals surface area contributed by atoms with Crippen molar-refractivity contribution in [2.24, 2.45) is 0 Å². The summed E-state index contributed by atoms with van der Waals surface area (Å²) in [6.07, 6.45) is 1.63. The Labute approximate surface area is 127 Å². The van der Waals surface area contributed by atoms with Crippen molar-refractivity contribution in [3.8, 4) is 0 Å². The summed E-state index contributed by atoms with van der Waals surface area (Å²) in [5.41, 5.74) is 3.49. The molecular weight excluding hydrogens is 286 g/mol. The van der Waals surface area contributed by atoms with Gasteiger partial charge in [0.1, 0.15) is 6.54 Å². The highest BCUT2D eigenvalue weighted by Crippen LogP contribution is 2.22. The molecule has 21 heavy (non-hydrogen) atoms. The Morgan fingerprint density at radius 2 is 2.00 bits per heavy atom. The second kappa shape index (κ2) is 5.58. The van der Waals surface area contributed by atoms with Gasteiger partial charge in [0.2, 0.25) is 5.91 Å². The molecule has 4 nitrogen and oxygen atoms in total. The molecule has 0 saturated heterocycles. The van der Waals surface area contributed by atoms with E-state index < -0.39 is 0 Å². The van der Waals surface area contributed by atoms with Crippen molar-refractivity contribution in [1.82, 2.24) is 9.55 Å². The third kappa shape index (κ3) is 2.90. The van der Waals surface area contributed by atoms with Crippen LogP contribution in [0.2, 0.25) is 5.02 Å². The largest absolute Gasteiger partial charge is 0.325 e. The molecule has 0 unspecified atom stereocenters. The van der Waals surface area contributed by atoms with Crippen LogP contribution in [0.3, 0.4) is 0 Å². The molecule has 1 aromatic heterocycles. The Bertz CT molecular complexity index is 793. The van der Waals surface area contributed by atoms with Gasteiger partial charge in [0.15, 0.2) is 0 Å². The number of carbonyl (C=O) groups excluding carboxylic acids is 1. The highest BCUT2D eigenvalue weighted by atomic mass is 35.5. The van der Waals surface area contributed by atoms with Crippen LogP contribution < -0.4 is 5.32 Å². The van der Waals surface area contributed by atoms with E-state index in [2.05, 4.69) is 10.3 Å². The Hall–Kier alpha value is -2.33. The minimum absolute atomic E-state index is 0.113. The average Bonchev–Trinajstić information content (AvgIpc) is 2.86. The number of amides is 1. The van der Waals surface area contributed by atoms with Crippen LogP contribution in [0, 0.1) is 6.92 Å². The summed E-state index contributed by atoms with van der Waals surface area (Å²) in [6, 6.07) is 13.2. The zero-order valence-corrected chi connectivity index (χ0v) is 12.3. The quantitative estimate of drug-likeness (QED) is 0.802. The van der Waals surface area contributed by atoms with E-state index in [1.54, 1.807) is 17.0 Å². The number of aromatic nitrogens is 2. The molecule has 0 aliphatic rings. The van der Waals surface area contributed by atoms with Crippen LogP contribution in [-0.2, 0) is 11.3 Å². The number of rotatable bonds is 3. The number of hydrogen-bond donors (Lipinski definition) is 1. The van der Waals surface area contributed by atoms with Crippen molar-refractivity contribution >= 4 is 34.2 Å². The van der Waals surface area contributed by atoms with Crippen molar-refractivity contribution in [3.63, 3.8) is 0 Å². The van der Waals surface area contributed by atoms with E-state index in [1.807, 2.05) is 43.3 Å². The van der Waals surface area contributed by atoms with Gasteiger partial charge in [-0.25, -0.2) is 4.98 Å². The number of anilines is 1. The van der Waals surface area contributed by atoms with E-state index >= 15 is 0 Å². The fourth-order valence-corrected chi connectivity index (χ4v) is 2.47. The number of halogens is 1. The Balaban J connectivity index is 1.79. The van der Waals surface area contributed by atoms with E-state index in [1.165, 1.54) is 0 Å². The lowest BCUT2D eigenvalue weighted by Crippen LogP contribution is -2.18. The van der Waals surface area contributed by atoms with Crippen molar-refractivity contribution in [2.45, 2.75) is 13.5 Å². The number of benzene rings is 2. The van der Waals surface area contributed by atoms with Crippen LogP contribution in [0.4, 0.5) is 5.69 Å². The molecular formula is C16H14ClN3O. The number of hydrogen-bond acceptors (Lipinski definition) is 2. The lowest BCUT2D eigenvalue weighted by molar-refractivity contribution is -0.116. The number of imidazole rings is 1. The number of nitrogens with zero attached hydrogens (tertiary/aromatic N) is 2. The smallest absolute Gasteiger partial charge is 0.244 e. The maximum absolute atomic E-state index is 12.1. The van der Waals surface area contributed by atoms with Crippen LogP contribution in [0.25, 0.3) is 11.0 Å². The third-order valence-corrected chi connectivity index (χ3v) is 3.54. The van der Waals surface area contributed by atoms with Gasteiger partial charge in [-0.3, -0.25) is 4.79 Å². The zero-order valence-electron chi connectivity index (χ0n) is 11.5. The van der Waals surface area contributed by atoms with Crippen LogP contribution >= 0.6 is 11.6 Å². The standard InChI is InChI=1S/C16H14ClN3O/c1-11-5-7-12(8-6-11)19-15(21)9-20-10-18-14-4-2-3-13(17)16(14)20/h2-8,10H,9H2,1H3,(H,19,21). The highest BCUT2D eigenvalue weighted by molar-refractivity contribution is 6.35. The Morgan fingerprint density at radius 3 is 2.76 bits per heavy atom. The molecule has 2 aromatic carbocycles. The first-order valence-corrected chi connectivity index (χ1v) is 6.97. The second-order valence-corrected chi connectivity index (χ2v) is 5.30. The summed E-state index contributed by atoms with van der Waals surface area (Å²) >= 11 is 6.17. The van der Waals surface area contributed by atoms with Gasteiger partial charge in [-0.2, -0.15) is 0 Å². The molecule has 0 aliphatic carbocycles. The first-order chi connectivity index (χ1) is 10.1. The second-order valence-electron chi connectivity index (χ2n) is 4.89. The molecule has 3 aromatic rings. The van der Waals surface area contributed by atoms with Gasteiger partial charge in [-0.1, -0.05) is 35.4 Å². The van der Waals surface area contributed by atoms with Crippen molar-refractivity contribution < 1.29 is 4.79 Å². The summed E-state index contributed by atoms with van der Waals surface area (Å²) in [5, 5.41) is 3.45. The molecule has 0 aliphatic heterocycles. The van der Waals surface area contributed by atoms with Gasteiger partial charge in [-0.05, 0) is 31.2 Å². The van der Waals surface area contributed by atoms with E-state index in [4.69, 9.17) is 11.6 Å². The fraction of sp³-hybridized carbons (Fsp3) is 0.125. The fourth-order valence-electron chi connectivity index (χ4n) is 2.19. The monoisotopic (exact) mass is 299 g/mol. The highest BCUT2D eigenvalue weighted by Gasteiger charge is 2.10. The molecule has 0 saturated carbocycles. The van der Waals surface area contributed by atoms with Gasteiger partial charge < -0.3 is 9.88 Å². The predicted molar refractivity (Wildman–Crippen MR) is 84.6 cm³/mol. The molecule has 0 radical (unpaired) electrons. The molecule has 0 fully saturated rings. The molecule has 1 N–H and O–H groups in total. The van der Waals surface area contributed by atoms with Crippen LogP contribution in [0.5, 0.6) is 0 Å². The van der Waals surface area contributed by atoms with Gasteiger partial charge >= 0.3 is 0 Å². The maximum Gasteiger partial charge on any atom is 0.244 e. The van der Waals surface area contributed by atoms with Crippen molar-refractivity contribution in [3.05, 3.63) is 59.4 Å². The van der Waals surface area contributed by atoms with Crippen LogP contribution in [-0.4, -0.2) is 15.5 Å². The number of nitrogens with one attached hydrogen (secondary N) is 1. The third-order valence-electron chi connectivity index (χ3n) is 3.24. The number of aryl methyl sites for hydroxylation is 1. The zero-order chi connectivity index (χ0) is 14.8. The number of carbonyl (C=O) groups is 1.